The first-order valence-electron chi connectivity index (χ1n) is 12.1. The number of para-hydroxylation sites is 1. The zero-order valence-corrected chi connectivity index (χ0v) is 22.0. The molecule has 9 heteroatoms. The number of benzene rings is 3. The van der Waals surface area contributed by atoms with E-state index in [1.54, 1.807) is 36.4 Å². The third-order valence-electron chi connectivity index (χ3n) is 5.99. The van der Waals surface area contributed by atoms with Crippen LogP contribution in [0.15, 0.2) is 72.8 Å². The number of nitro benzene ring substituents is 1. The molecule has 1 N–H and O–H groups in total. The minimum Gasteiger partial charge on any atom is -0.354 e. The first kappa shape index (κ1) is 28.2. The van der Waals surface area contributed by atoms with Crippen molar-refractivity contribution in [3.63, 3.8) is 0 Å². The number of amides is 2. The predicted molar refractivity (Wildman–Crippen MR) is 146 cm³/mol. The Morgan fingerprint density at radius 3 is 2.38 bits per heavy atom. The topological polar surface area (TPSA) is 92.6 Å². The Morgan fingerprint density at radius 2 is 1.70 bits per heavy atom. The van der Waals surface area contributed by atoms with E-state index in [2.05, 4.69) is 5.32 Å². The molecule has 0 bridgehead atoms. The number of halogens is 2. The first-order chi connectivity index (χ1) is 17.8. The van der Waals surface area contributed by atoms with Crippen molar-refractivity contribution in [2.24, 2.45) is 0 Å². The summed E-state index contributed by atoms with van der Waals surface area (Å²) in [7, 11) is 0. The summed E-state index contributed by atoms with van der Waals surface area (Å²) in [4.78, 5) is 39.8. The number of nitro groups is 1. The smallest absolute Gasteiger partial charge is 0.273 e. The maximum absolute atomic E-state index is 13.8. The van der Waals surface area contributed by atoms with E-state index in [-0.39, 0.29) is 36.5 Å². The summed E-state index contributed by atoms with van der Waals surface area (Å²) in [6.07, 6.45) is 1.74. The molecule has 0 unspecified atom stereocenters. The van der Waals surface area contributed by atoms with Crippen molar-refractivity contribution in [3.8, 4) is 0 Å². The Hall–Kier alpha value is -3.42. The number of carbonyl (C=O) groups excluding carboxylic acids is 2. The van der Waals surface area contributed by atoms with Gasteiger partial charge in [-0.2, -0.15) is 0 Å². The molecule has 2 amide bonds. The van der Waals surface area contributed by atoms with Crippen molar-refractivity contribution < 1.29 is 14.5 Å². The molecule has 194 valence electrons. The molecule has 7 nitrogen and oxygen atoms in total. The summed E-state index contributed by atoms with van der Waals surface area (Å²) < 4.78 is 0. The van der Waals surface area contributed by atoms with Gasteiger partial charge in [0.1, 0.15) is 6.04 Å². The third kappa shape index (κ3) is 8.03. The molecule has 0 aliphatic rings. The van der Waals surface area contributed by atoms with Crippen molar-refractivity contribution in [2.45, 2.75) is 45.2 Å². The Bertz CT molecular complexity index is 1240. The molecule has 0 saturated carbocycles. The highest BCUT2D eigenvalue weighted by Crippen LogP contribution is 2.26. The van der Waals surface area contributed by atoms with Crippen molar-refractivity contribution in [1.29, 1.82) is 0 Å². The van der Waals surface area contributed by atoms with Crippen LogP contribution in [0.4, 0.5) is 5.69 Å². The fourth-order valence-corrected chi connectivity index (χ4v) is 4.46. The van der Waals surface area contributed by atoms with Gasteiger partial charge in [-0.1, -0.05) is 91.1 Å². The van der Waals surface area contributed by atoms with E-state index in [4.69, 9.17) is 23.2 Å². The van der Waals surface area contributed by atoms with Crippen LogP contribution in [-0.4, -0.2) is 34.2 Å². The van der Waals surface area contributed by atoms with E-state index in [1.165, 1.54) is 11.0 Å². The summed E-state index contributed by atoms with van der Waals surface area (Å²) in [5.74, 6) is -0.717. The molecule has 3 aromatic rings. The second-order valence-electron chi connectivity index (χ2n) is 8.67. The van der Waals surface area contributed by atoms with Gasteiger partial charge in [0.15, 0.2) is 0 Å². The molecule has 0 aromatic heterocycles. The SMILES string of the molecule is CCCCNC(=O)[C@H](Cc1ccccc1)N(Cc1ccc(Cl)cc1Cl)C(=O)Cc1ccccc1[N+](=O)[O-]. The second kappa shape index (κ2) is 13.8. The number of nitrogens with zero attached hydrogens (tertiary/aromatic N) is 2. The molecular formula is C28H29Cl2N3O4. The van der Waals surface area contributed by atoms with Gasteiger partial charge < -0.3 is 10.2 Å². The van der Waals surface area contributed by atoms with Gasteiger partial charge in [-0.3, -0.25) is 19.7 Å². The minimum atomic E-state index is -0.860. The third-order valence-corrected chi connectivity index (χ3v) is 6.57. The standard InChI is InChI=1S/C28H29Cl2N3O4/c1-2-3-15-31-28(35)26(16-20-9-5-4-6-10-20)32(19-22-13-14-23(29)18-24(22)30)27(34)17-21-11-7-8-12-25(21)33(36)37/h4-14,18,26H,2-3,15-17,19H2,1H3,(H,31,35)/t26-/m0/s1. The lowest BCUT2D eigenvalue weighted by atomic mass is 10.0. The Kier molecular flexibility index (Phi) is 10.5. The van der Waals surface area contributed by atoms with Gasteiger partial charge in [0.25, 0.3) is 5.69 Å². The monoisotopic (exact) mass is 541 g/mol. The summed E-state index contributed by atoms with van der Waals surface area (Å²) in [5.41, 5.74) is 1.62. The van der Waals surface area contributed by atoms with E-state index < -0.39 is 16.9 Å². The van der Waals surface area contributed by atoms with Crippen molar-refractivity contribution in [2.75, 3.05) is 6.54 Å². The number of rotatable bonds is 12. The average Bonchev–Trinajstić information content (AvgIpc) is 2.88. The summed E-state index contributed by atoms with van der Waals surface area (Å²) >= 11 is 12.5. The van der Waals surface area contributed by atoms with E-state index in [1.807, 2.05) is 37.3 Å². The average molecular weight is 542 g/mol. The number of nitrogens with one attached hydrogen (secondary N) is 1. The zero-order valence-electron chi connectivity index (χ0n) is 20.5. The van der Waals surface area contributed by atoms with Gasteiger partial charge >= 0.3 is 0 Å². The van der Waals surface area contributed by atoms with Crippen LogP contribution in [-0.2, 0) is 29.0 Å². The minimum absolute atomic E-state index is 0.0359. The fraction of sp³-hybridized carbons (Fsp3) is 0.286. The number of hydrogen-bond donors (Lipinski definition) is 1. The van der Waals surface area contributed by atoms with Crippen LogP contribution in [0.25, 0.3) is 0 Å². The highest BCUT2D eigenvalue weighted by molar-refractivity contribution is 6.35. The maximum Gasteiger partial charge on any atom is 0.273 e. The van der Waals surface area contributed by atoms with Gasteiger partial charge in [-0.15, -0.1) is 0 Å². The normalized spacial score (nSPS) is 11.5. The lowest BCUT2D eigenvalue weighted by Gasteiger charge is -2.32. The van der Waals surface area contributed by atoms with Gasteiger partial charge in [0, 0.05) is 41.2 Å². The Labute approximate surface area is 226 Å². The van der Waals surface area contributed by atoms with Crippen LogP contribution in [0.5, 0.6) is 0 Å². The lowest BCUT2D eigenvalue weighted by molar-refractivity contribution is -0.385. The van der Waals surface area contributed by atoms with E-state index in [0.717, 1.165) is 18.4 Å². The molecule has 37 heavy (non-hydrogen) atoms. The number of hydrogen-bond acceptors (Lipinski definition) is 4. The highest BCUT2D eigenvalue weighted by Gasteiger charge is 2.31. The molecule has 0 spiro atoms. The largest absolute Gasteiger partial charge is 0.354 e. The van der Waals surface area contributed by atoms with Gasteiger partial charge in [0.2, 0.25) is 11.8 Å². The van der Waals surface area contributed by atoms with E-state index in [0.29, 0.717) is 22.2 Å². The maximum atomic E-state index is 13.8. The summed E-state index contributed by atoms with van der Waals surface area (Å²) in [6, 6.07) is 19.6. The molecule has 3 rings (SSSR count). The van der Waals surface area contributed by atoms with Crippen LogP contribution in [0.3, 0.4) is 0 Å². The van der Waals surface area contributed by atoms with Gasteiger partial charge in [-0.05, 0) is 29.7 Å². The van der Waals surface area contributed by atoms with Crippen LogP contribution < -0.4 is 5.32 Å². The predicted octanol–water partition coefficient (Wildman–Crippen LogP) is 6.00. The molecule has 0 radical (unpaired) electrons. The van der Waals surface area contributed by atoms with Crippen LogP contribution in [0, 0.1) is 10.1 Å². The van der Waals surface area contributed by atoms with Crippen molar-refractivity contribution in [1.82, 2.24) is 10.2 Å². The molecule has 1 atom stereocenters. The Balaban J connectivity index is 2.01. The lowest BCUT2D eigenvalue weighted by Crippen LogP contribution is -2.51. The van der Waals surface area contributed by atoms with Crippen LogP contribution >= 0.6 is 23.2 Å². The first-order valence-corrected chi connectivity index (χ1v) is 12.8. The quantitative estimate of drug-likeness (QED) is 0.173. The fourth-order valence-electron chi connectivity index (χ4n) is 4.00. The number of unbranched alkanes of at least 4 members (excludes halogenated alkanes) is 1. The summed E-state index contributed by atoms with van der Waals surface area (Å²) in [5, 5.41) is 15.3. The number of carbonyl (C=O) groups is 2. The van der Waals surface area contributed by atoms with Crippen LogP contribution in [0.2, 0.25) is 10.0 Å². The Morgan fingerprint density at radius 1 is 1.00 bits per heavy atom. The van der Waals surface area contributed by atoms with Gasteiger partial charge in [-0.25, -0.2) is 0 Å². The highest BCUT2D eigenvalue weighted by atomic mass is 35.5. The van der Waals surface area contributed by atoms with E-state index in [9.17, 15) is 19.7 Å². The second-order valence-corrected chi connectivity index (χ2v) is 9.51. The zero-order chi connectivity index (χ0) is 26.8. The van der Waals surface area contributed by atoms with Crippen LogP contribution in [0.1, 0.15) is 36.5 Å². The molecule has 3 aromatic carbocycles. The molecule has 0 saturated heterocycles. The van der Waals surface area contributed by atoms with Crippen molar-refractivity contribution in [3.05, 3.63) is 110 Å². The van der Waals surface area contributed by atoms with E-state index >= 15 is 0 Å². The summed E-state index contributed by atoms with van der Waals surface area (Å²) in [6.45, 7) is 2.54. The molecule has 0 fully saturated rings. The molecule has 0 aliphatic heterocycles. The van der Waals surface area contributed by atoms with Gasteiger partial charge in [0.05, 0.1) is 11.3 Å². The molecule has 0 heterocycles. The molecule has 0 aliphatic carbocycles. The molecular weight excluding hydrogens is 513 g/mol. The van der Waals surface area contributed by atoms with Crippen molar-refractivity contribution >= 4 is 40.7 Å².